The maximum Gasteiger partial charge on any atom is 0.586 e. The first kappa shape index (κ1) is 18.9. The Kier molecular flexibility index (Phi) is 5.30. The minimum Gasteiger partial charge on any atom is -0.442 e. The molecule has 0 atom stereocenters. The summed E-state index contributed by atoms with van der Waals surface area (Å²) in [5.41, 5.74) is 0.926. The second kappa shape index (κ2) is 7.87. The Bertz CT molecular complexity index is 818. The van der Waals surface area contributed by atoms with Crippen LogP contribution in [0.3, 0.4) is 0 Å². The molecule has 1 saturated heterocycles. The molecule has 0 unspecified atom stereocenters. The maximum absolute atomic E-state index is 13.1. The van der Waals surface area contributed by atoms with Gasteiger partial charge >= 0.3 is 6.29 Å². The first-order valence-corrected chi connectivity index (χ1v) is 9.52. The van der Waals surface area contributed by atoms with E-state index >= 15 is 0 Å². The molecule has 4 rings (SSSR count). The lowest BCUT2D eigenvalue weighted by molar-refractivity contribution is -0.286. The van der Waals surface area contributed by atoms with Crippen molar-refractivity contribution in [3.05, 3.63) is 42.1 Å². The van der Waals surface area contributed by atoms with E-state index in [4.69, 9.17) is 4.42 Å². The van der Waals surface area contributed by atoms with E-state index < -0.39 is 6.29 Å². The van der Waals surface area contributed by atoms with Gasteiger partial charge in [-0.1, -0.05) is 6.07 Å². The summed E-state index contributed by atoms with van der Waals surface area (Å²) in [6, 6.07) is 4.95. The topological polar surface area (TPSA) is 64.8 Å². The number of carbonyl (C=O) groups is 1. The van der Waals surface area contributed by atoms with Crippen LogP contribution < -0.4 is 9.47 Å². The van der Waals surface area contributed by atoms with Gasteiger partial charge in [0, 0.05) is 13.0 Å². The number of ketones is 1. The predicted molar refractivity (Wildman–Crippen MR) is 95.3 cm³/mol. The molecule has 0 saturated carbocycles. The number of oxazole rings is 1. The number of likely N-dealkylation sites (tertiary alicyclic amines) is 1. The summed E-state index contributed by atoms with van der Waals surface area (Å²) < 4.78 is 40.2. The number of ether oxygens (including phenoxy) is 2. The molecule has 2 aliphatic rings. The fourth-order valence-electron chi connectivity index (χ4n) is 3.80. The second-order valence-corrected chi connectivity index (χ2v) is 7.32. The summed E-state index contributed by atoms with van der Waals surface area (Å²) in [6.45, 7) is 2.59. The summed E-state index contributed by atoms with van der Waals surface area (Å²) in [4.78, 5) is 18.1. The molecule has 8 heteroatoms. The number of benzene rings is 1. The fraction of sp³-hybridized carbons (Fsp3) is 0.500. The predicted octanol–water partition coefficient (Wildman–Crippen LogP) is 4.26. The highest BCUT2D eigenvalue weighted by molar-refractivity contribution is 5.91. The molecular formula is C20H22F2N2O4. The zero-order valence-electron chi connectivity index (χ0n) is 15.4. The zero-order valence-corrected chi connectivity index (χ0v) is 15.4. The Labute approximate surface area is 161 Å². The summed E-state index contributed by atoms with van der Waals surface area (Å²) in [5.74, 6) is 0.913. The lowest BCUT2D eigenvalue weighted by atomic mass is 9.91. The van der Waals surface area contributed by atoms with Crippen molar-refractivity contribution in [1.29, 1.82) is 0 Å². The number of carbonyl (C=O) groups excluding carboxylic acids is 1. The van der Waals surface area contributed by atoms with E-state index in [9.17, 15) is 13.6 Å². The molecular weight excluding hydrogens is 370 g/mol. The first-order chi connectivity index (χ1) is 13.5. The Morgan fingerprint density at radius 1 is 1.21 bits per heavy atom. The summed E-state index contributed by atoms with van der Waals surface area (Å²) >= 11 is 0. The SMILES string of the molecule is O=C(CCCC1CCN(Cc2ccc3c(c2)OC(F)(F)O3)CC1)c1ncco1. The number of halogens is 2. The van der Waals surface area contributed by atoms with E-state index in [2.05, 4.69) is 19.4 Å². The number of alkyl halides is 2. The Morgan fingerprint density at radius 3 is 2.75 bits per heavy atom. The number of hydrogen-bond donors (Lipinski definition) is 0. The third-order valence-corrected chi connectivity index (χ3v) is 5.27. The summed E-state index contributed by atoms with van der Waals surface area (Å²) in [5, 5.41) is 0. The Morgan fingerprint density at radius 2 is 2.00 bits per heavy atom. The lowest BCUT2D eigenvalue weighted by Crippen LogP contribution is -2.33. The smallest absolute Gasteiger partial charge is 0.442 e. The third kappa shape index (κ3) is 4.49. The molecule has 0 aliphatic carbocycles. The molecule has 1 aromatic heterocycles. The van der Waals surface area contributed by atoms with Crippen molar-refractivity contribution < 1.29 is 27.5 Å². The molecule has 1 aromatic carbocycles. The van der Waals surface area contributed by atoms with Crippen LogP contribution in [0.5, 0.6) is 11.5 Å². The number of piperidine rings is 1. The van der Waals surface area contributed by atoms with Gasteiger partial charge in [0.25, 0.3) is 5.89 Å². The van der Waals surface area contributed by atoms with Crippen LogP contribution in [0.15, 0.2) is 35.1 Å². The summed E-state index contributed by atoms with van der Waals surface area (Å²) in [6.07, 6.45) is 3.76. The van der Waals surface area contributed by atoms with Crippen molar-refractivity contribution >= 4 is 5.78 Å². The van der Waals surface area contributed by atoms with E-state index in [1.165, 1.54) is 18.5 Å². The van der Waals surface area contributed by atoms with Gasteiger partial charge in [-0.15, -0.1) is 8.78 Å². The largest absolute Gasteiger partial charge is 0.586 e. The van der Waals surface area contributed by atoms with Crippen molar-refractivity contribution in [2.24, 2.45) is 5.92 Å². The van der Waals surface area contributed by atoms with Crippen LogP contribution in [0.4, 0.5) is 8.78 Å². The van der Waals surface area contributed by atoms with Crippen molar-refractivity contribution in [2.75, 3.05) is 13.1 Å². The van der Waals surface area contributed by atoms with E-state index in [-0.39, 0.29) is 23.2 Å². The van der Waals surface area contributed by atoms with Crippen molar-refractivity contribution in [3.8, 4) is 11.5 Å². The monoisotopic (exact) mass is 392 g/mol. The zero-order chi connectivity index (χ0) is 19.6. The highest BCUT2D eigenvalue weighted by Crippen LogP contribution is 2.41. The number of hydrogen-bond acceptors (Lipinski definition) is 6. The molecule has 0 spiro atoms. The molecule has 0 radical (unpaired) electrons. The molecule has 150 valence electrons. The molecule has 0 bridgehead atoms. The normalized spacial score (nSPS) is 19.1. The van der Waals surface area contributed by atoms with Crippen LogP contribution in [0.2, 0.25) is 0 Å². The molecule has 0 amide bonds. The lowest BCUT2D eigenvalue weighted by Gasteiger charge is -2.32. The van der Waals surface area contributed by atoms with E-state index in [0.717, 1.165) is 44.3 Å². The minimum atomic E-state index is -3.58. The number of rotatable bonds is 7. The highest BCUT2D eigenvalue weighted by Gasteiger charge is 2.43. The Hall–Kier alpha value is -2.48. The second-order valence-electron chi connectivity index (χ2n) is 7.32. The van der Waals surface area contributed by atoms with Crippen molar-refractivity contribution in [3.63, 3.8) is 0 Å². The molecule has 2 aliphatic heterocycles. The standard InChI is InChI=1S/C20H22F2N2O4/c21-20(22)27-17-5-4-15(12-18(17)28-20)13-24-9-6-14(7-10-24)2-1-3-16(25)19-23-8-11-26-19/h4-5,8,11-12,14H,1-3,6-7,9-10,13H2. The van der Waals surface area contributed by atoms with E-state index in [1.54, 1.807) is 12.1 Å². The average molecular weight is 392 g/mol. The van der Waals surface area contributed by atoms with E-state index in [0.29, 0.717) is 18.9 Å². The van der Waals surface area contributed by atoms with Crippen LogP contribution >= 0.6 is 0 Å². The van der Waals surface area contributed by atoms with Crippen LogP contribution in [0, 0.1) is 5.92 Å². The van der Waals surface area contributed by atoms with Gasteiger partial charge in [0.15, 0.2) is 11.5 Å². The molecule has 3 heterocycles. The van der Waals surface area contributed by atoms with Gasteiger partial charge in [0.05, 0.1) is 6.20 Å². The minimum absolute atomic E-state index is 0.0455. The number of Topliss-reactive ketones (excluding diaryl/α,β-unsaturated/α-hetero) is 1. The number of aromatic nitrogens is 1. The quantitative estimate of drug-likeness (QED) is 0.656. The van der Waals surface area contributed by atoms with Crippen molar-refractivity contribution in [1.82, 2.24) is 9.88 Å². The molecule has 6 nitrogen and oxygen atoms in total. The van der Waals surface area contributed by atoms with Gasteiger partial charge in [0.1, 0.15) is 6.26 Å². The first-order valence-electron chi connectivity index (χ1n) is 9.52. The van der Waals surface area contributed by atoms with E-state index in [1.807, 2.05) is 0 Å². The molecule has 2 aromatic rings. The van der Waals surface area contributed by atoms with Gasteiger partial charge in [-0.25, -0.2) is 4.98 Å². The van der Waals surface area contributed by atoms with Crippen LogP contribution in [-0.2, 0) is 6.54 Å². The van der Waals surface area contributed by atoms with Crippen molar-refractivity contribution in [2.45, 2.75) is 44.9 Å². The summed E-state index contributed by atoms with van der Waals surface area (Å²) in [7, 11) is 0. The number of fused-ring (bicyclic) bond motifs is 1. The fourth-order valence-corrected chi connectivity index (χ4v) is 3.80. The maximum atomic E-state index is 13.1. The molecule has 28 heavy (non-hydrogen) atoms. The number of nitrogens with zero attached hydrogens (tertiary/aromatic N) is 2. The van der Waals surface area contributed by atoms with Crippen LogP contribution in [0.1, 0.15) is 48.4 Å². The average Bonchev–Trinajstić information content (AvgIpc) is 3.29. The third-order valence-electron chi connectivity index (χ3n) is 5.27. The Balaban J connectivity index is 1.19. The van der Waals surface area contributed by atoms with Gasteiger partial charge in [-0.05, 0) is 62.4 Å². The molecule has 0 N–H and O–H groups in total. The highest BCUT2D eigenvalue weighted by atomic mass is 19.3. The van der Waals surface area contributed by atoms with Gasteiger partial charge in [-0.3, -0.25) is 9.69 Å². The van der Waals surface area contributed by atoms with Gasteiger partial charge in [0.2, 0.25) is 5.78 Å². The van der Waals surface area contributed by atoms with Gasteiger partial charge < -0.3 is 13.9 Å². The van der Waals surface area contributed by atoms with Gasteiger partial charge in [-0.2, -0.15) is 0 Å². The molecule has 1 fully saturated rings. The van der Waals surface area contributed by atoms with Crippen LogP contribution in [0.25, 0.3) is 0 Å². The van der Waals surface area contributed by atoms with Crippen LogP contribution in [-0.4, -0.2) is 35.1 Å².